The Labute approximate surface area is 178 Å². The van der Waals surface area contributed by atoms with Crippen molar-refractivity contribution in [2.75, 3.05) is 0 Å². The van der Waals surface area contributed by atoms with Gasteiger partial charge in [-0.15, -0.1) is 5.54 Å². The van der Waals surface area contributed by atoms with Crippen LogP contribution >= 0.6 is 0 Å². The average Bonchev–Trinajstić information content (AvgIpc) is 2.76. The van der Waals surface area contributed by atoms with Crippen molar-refractivity contribution in [2.45, 2.75) is 71.1 Å². The van der Waals surface area contributed by atoms with Gasteiger partial charge in [0.2, 0.25) is 0 Å². The molecule has 29 heavy (non-hydrogen) atoms. The summed E-state index contributed by atoms with van der Waals surface area (Å²) in [6.45, 7) is 8.79. The molecule has 2 rings (SSSR count). The van der Waals surface area contributed by atoms with Crippen LogP contribution in [0.25, 0.3) is 0 Å². The quantitative estimate of drug-likeness (QED) is 0.389. The number of rotatable bonds is 9. The van der Waals surface area contributed by atoms with E-state index in [1.54, 1.807) is 0 Å². The van der Waals surface area contributed by atoms with Crippen LogP contribution in [-0.4, -0.2) is 14.0 Å². The molecule has 0 aliphatic rings. The number of carbonyl (C=O) groups excluding carboxylic acids is 1. The first-order chi connectivity index (χ1) is 14.0. The standard InChI is InChI=1S/C26H35NOSi/c1-5-8-19-29(6-2,7-3)20-18-26(28)27-25(24-12-10-9-11-13-24)21-23-16-14-22(4)15-17-23/h9-17,25H,5-8,19,21H2,1-4H3,(H,27,28). The monoisotopic (exact) mass is 405 g/mol. The van der Waals surface area contributed by atoms with Gasteiger partial charge in [-0.1, -0.05) is 93.8 Å². The highest BCUT2D eigenvalue weighted by Crippen LogP contribution is 2.22. The summed E-state index contributed by atoms with van der Waals surface area (Å²) in [6.07, 6.45) is 3.16. The van der Waals surface area contributed by atoms with Gasteiger partial charge in [-0.3, -0.25) is 4.79 Å². The number of unbranched alkanes of at least 4 members (excludes halogenated alkanes) is 1. The van der Waals surface area contributed by atoms with Gasteiger partial charge in [-0.25, -0.2) is 0 Å². The summed E-state index contributed by atoms with van der Waals surface area (Å²) >= 11 is 0. The molecule has 0 heterocycles. The van der Waals surface area contributed by atoms with Gasteiger partial charge < -0.3 is 5.32 Å². The molecule has 3 heteroatoms. The van der Waals surface area contributed by atoms with E-state index in [9.17, 15) is 4.79 Å². The highest BCUT2D eigenvalue weighted by Gasteiger charge is 2.26. The van der Waals surface area contributed by atoms with Gasteiger partial charge >= 0.3 is 0 Å². The molecule has 154 valence electrons. The Hall–Kier alpha value is -2.31. The lowest BCUT2D eigenvalue weighted by atomic mass is 9.98. The van der Waals surface area contributed by atoms with Crippen LogP contribution in [0.4, 0.5) is 0 Å². The molecule has 2 aromatic carbocycles. The Balaban J connectivity index is 2.18. The fourth-order valence-corrected chi connectivity index (χ4v) is 6.73. The number of benzene rings is 2. The van der Waals surface area contributed by atoms with Gasteiger partial charge in [0, 0.05) is 0 Å². The molecule has 1 unspecified atom stereocenters. The molecule has 1 atom stereocenters. The Morgan fingerprint density at radius 1 is 1.00 bits per heavy atom. The fourth-order valence-electron chi connectivity index (χ4n) is 3.64. The zero-order valence-electron chi connectivity index (χ0n) is 18.4. The van der Waals surface area contributed by atoms with Gasteiger partial charge in [0.1, 0.15) is 8.07 Å². The lowest BCUT2D eigenvalue weighted by molar-refractivity contribution is -0.116. The van der Waals surface area contributed by atoms with E-state index in [0.29, 0.717) is 0 Å². The van der Waals surface area contributed by atoms with Crippen LogP contribution in [0, 0.1) is 18.4 Å². The molecule has 0 bridgehead atoms. The highest BCUT2D eigenvalue weighted by atomic mass is 28.3. The third-order valence-electron chi connectivity index (χ3n) is 5.87. The number of amides is 1. The molecule has 0 aliphatic heterocycles. The van der Waals surface area contributed by atoms with Gasteiger partial charge in [0.05, 0.1) is 6.04 Å². The van der Waals surface area contributed by atoms with E-state index < -0.39 is 8.07 Å². The molecule has 2 aromatic rings. The summed E-state index contributed by atoms with van der Waals surface area (Å²) in [6, 6.07) is 22.1. The predicted octanol–water partition coefficient (Wildman–Crippen LogP) is 6.23. The van der Waals surface area contributed by atoms with Crippen LogP contribution in [0.15, 0.2) is 54.6 Å². The molecule has 1 amide bonds. The van der Waals surface area contributed by atoms with Crippen molar-refractivity contribution < 1.29 is 4.79 Å². The molecule has 0 saturated carbocycles. The van der Waals surface area contributed by atoms with E-state index in [1.165, 1.54) is 30.0 Å². The summed E-state index contributed by atoms with van der Waals surface area (Å²) in [7, 11) is -1.66. The van der Waals surface area contributed by atoms with E-state index in [-0.39, 0.29) is 11.9 Å². The minimum atomic E-state index is -1.66. The second-order valence-corrected chi connectivity index (χ2v) is 12.7. The number of carbonyl (C=O) groups is 1. The Morgan fingerprint density at radius 3 is 2.24 bits per heavy atom. The Morgan fingerprint density at radius 2 is 1.66 bits per heavy atom. The maximum Gasteiger partial charge on any atom is 0.295 e. The molecule has 1 N–H and O–H groups in total. The first-order valence-electron chi connectivity index (χ1n) is 11.0. The van der Waals surface area contributed by atoms with Crippen molar-refractivity contribution in [3.63, 3.8) is 0 Å². The molecule has 0 fully saturated rings. The lowest BCUT2D eigenvalue weighted by Crippen LogP contribution is -2.33. The zero-order chi connectivity index (χ0) is 21.1. The normalized spacial score (nSPS) is 12.0. The van der Waals surface area contributed by atoms with Gasteiger partial charge in [0.25, 0.3) is 5.91 Å². The molecule has 0 radical (unpaired) electrons. The van der Waals surface area contributed by atoms with Crippen molar-refractivity contribution in [3.8, 4) is 11.5 Å². The van der Waals surface area contributed by atoms with Crippen LogP contribution in [-0.2, 0) is 11.2 Å². The maximum absolute atomic E-state index is 12.8. The number of hydrogen-bond donors (Lipinski definition) is 1. The number of hydrogen-bond acceptors (Lipinski definition) is 1. The molecular weight excluding hydrogens is 370 g/mol. The van der Waals surface area contributed by atoms with E-state index in [0.717, 1.165) is 24.1 Å². The summed E-state index contributed by atoms with van der Waals surface area (Å²) < 4.78 is 0. The Bertz CT molecular complexity index is 813. The van der Waals surface area contributed by atoms with Crippen LogP contribution in [0.5, 0.6) is 0 Å². The number of nitrogens with one attached hydrogen (secondary N) is 1. The van der Waals surface area contributed by atoms with Crippen molar-refractivity contribution in [2.24, 2.45) is 0 Å². The lowest BCUT2D eigenvalue weighted by Gasteiger charge is -2.22. The minimum Gasteiger partial charge on any atom is -0.338 e. The largest absolute Gasteiger partial charge is 0.338 e. The fraction of sp³-hybridized carbons (Fsp3) is 0.423. The zero-order valence-corrected chi connectivity index (χ0v) is 19.4. The van der Waals surface area contributed by atoms with E-state index in [4.69, 9.17) is 0 Å². The van der Waals surface area contributed by atoms with E-state index in [1.807, 2.05) is 18.2 Å². The van der Waals surface area contributed by atoms with Crippen LogP contribution < -0.4 is 5.32 Å². The van der Waals surface area contributed by atoms with Gasteiger partial charge in [0.15, 0.2) is 0 Å². The smallest absolute Gasteiger partial charge is 0.295 e. The van der Waals surface area contributed by atoms with Crippen molar-refractivity contribution in [1.82, 2.24) is 5.32 Å². The topological polar surface area (TPSA) is 29.1 Å². The van der Waals surface area contributed by atoms with Crippen molar-refractivity contribution in [3.05, 3.63) is 71.3 Å². The third kappa shape index (κ3) is 7.22. The molecule has 0 saturated heterocycles. The molecule has 2 nitrogen and oxygen atoms in total. The molecule has 0 spiro atoms. The van der Waals surface area contributed by atoms with E-state index >= 15 is 0 Å². The Kier molecular flexibility index (Phi) is 9.21. The van der Waals surface area contributed by atoms with Crippen molar-refractivity contribution in [1.29, 1.82) is 0 Å². The summed E-state index contributed by atoms with van der Waals surface area (Å²) in [5.74, 6) is 2.84. The summed E-state index contributed by atoms with van der Waals surface area (Å²) in [5.41, 5.74) is 7.04. The second kappa shape index (κ2) is 11.6. The van der Waals surface area contributed by atoms with Crippen LogP contribution in [0.2, 0.25) is 18.1 Å². The minimum absolute atomic E-state index is 0.0735. The average molecular weight is 406 g/mol. The SMILES string of the molecule is CCCC[Si](C#CC(=O)NC(Cc1ccc(C)cc1)c1ccccc1)(CC)CC. The summed E-state index contributed by atoms with van der Waals surface area (Å²) in [4.78, 5) is 12.8. The van der Waals surface area contributed by atoms with Gasteiger partial charge in [-0.05, 0) is 48.5 Å². The summed E-state index contributed by atoms with van der Waals surface area (Å²) in [5, 5.41) is 3.18. The molecular formula is C26H35NOSi. The maximum atomic E-state index is 12.8. The first-order valence-corrected chi connectivity index (χ1v) is 13.6. The van der Waals surface area contributed by atoms with E-state index in [2.05, 4.69) is 80.9 Å². The first kappa shape index (κ1) is 23.0. The second-order valence-electron chi connectivity index (χ2n) is 7.97. The molecule has 0 aliphatic carbocycles. The third-order valence-corrected chi connectivity index (χ3v) is 10.5. The molecule has 0 aromatic heterocycles. The number of aryl methyl sites for hydroxylation is 1. The van der Waals surface area contributed by atoms with Gasteiger partial charge in [-0.2, -0.15) is 0 Å². The van der Waals surface area contributed by atoms with Crippen molar-refractivity contribution >= 4 is 14.0 Å². The predicted molar refractivity (Wildman–Crippen MR) is 126 cm³/mol. The van der Waals surface area contributed by atoms with Crippen LogP contribution in [0.1, 0.15) is 56.3 Å². The highest BCUT2D eigenvalue weighted by molar-refractivity contribution is 6.87. The van der Waals surface area contributed by atoms with Crippen LogP contribution in [0.3, 0.4) is 0 Å².